The van der Waals surface area contributed by atoms with Crippen molar-refractivity contribution >= 4 is 53.8 Å². The standard InChI is InChI=1S/C18H18N4O5S3/c1-22(29(2,24)25)16-6-4-3-5-15(16)17(23)20-13-7-9-14(10-8-13)30(26,27)21-18-19-11-12-28-18/h3-12H,1-2H3,(H,19,21)(H,20,23). The number of hydrogen-bond acceptors (Lipinski definition) is 7. The molecular formula is C18H18N4O5S3. The number of carbonyl (C=O) groups excluding carboxylic acids is 1. The van der Waals surface area contributed by atoms with Crippen LogP contribution in [0.15, 0.2) is 65.0 Å². The van der Waals surface area contributed by atoms with Crippen molar-refractivity contribution in [2.45, 2.75) is 4.90 Å². The largest absolute Gasteiger partial charge is 0.322 e. The van der Waals surface area contributed by atoms with Gasteiger partial charge in [0, 0.05) is 24.3 Å². The molecule has 0 spiro atoms. The minimum absolute atomic E-state index is 0.00732. The second-order valence-electron chi connectivity index (χ2n) is 6.17. The fraction of sp³-hybridized carbons (Fsp3) is 0.111. The Labute approximate surface area is 178 Å². The van der Waals surface area contributed by atoms with Gasteiger partial charge in [-0.1, -0.05) is 12.1 Å². The number of rotatable bonds is 7. The Morgan fingerprint density at radius 2 is 1.70 bits per heavy atom. The molecule has 0 saturated carbocycles. The van der Waals surface area contributed by atoms with Gasteiger partial charge in [-0.3, -0.25) is 13.8 Å². The molecule has 0 atom stereocenters. The Bertz CT molecular complexity index is 1260. The second kappa shape index (κ2) is 8.42. The van der Waals surface area contributed by atoms with Crippen molar-refractivity contribution in [1.82, 2.24) is 4.98 Å². The molecule has 0 aliphatic rings. The first-order chi connectivity index (χ1) is 14.1. The summed E-state index contributed by atoms with van der Waals surface area (Å²) in [6, 6.07) is 11.9. The summed E-state index contributed by atoms with van der Waals surface area (Å²) in [5.74, 6) is -0.530. The van der Waals surface area contributed by atoms with Crippen LogP contribution in [0.4, 0.5) is 16.5 Å². The van der Waals surface area contributed by atoms with Crippen LogP contribution in [-0.4, -0.2) is 41.0 Å². The lowest BCUT2D eigenvalue weighted by Crippen LogP contribution is -2.27. The number of nitrogens with zero attached hydrogens (tertiary/aromatic N) is 2. The fourth-order valence-corrected chi connectivity index (χ4v) is 4.79. The zero-order valence-electron chi connectivity index (χ0n) is 15.9. The van der Waals surface area contributed by atoms with Crippen LogP contribution >= 0.6 is 11.3 Å². The maximum absolute atomic E-state index is 12.7. The zero-order valence-corrected chi connectivity index (χ0v) is 18.4. The Hall–Kier alpha value is -2.96. The normalized spacial score (nSPS) is 11.7. The molecule has 0 bridgehead atoms. The van der Waals surface area contributed by atoms with Crippen molar-refractivity contribution in [3.63, 3.8) is 0 Å². The average molecular weight is 467 g/mol. The summed E-state index contributed by atoms with van der Waals surface area (Å²) in [6.45, 7) is 0. The summed E-state index contributed by atoms with van der Waals surface area (Å²) in [4.78, 5) is 16.6. The number of benzene rings is 2. The molecule has 1 heterocycles. The maximum Gasteiger partial charge on any atom is 0.263 e. The lowest BCUT2D eigenvalue weighted by atomic mass is 10.1. The molecule has 2 aromatic carbocycles. The maximum atomic E-state index is 12.7. The molecule has 2 N–H and O–H groups in total. The lowest BCUT2D eigenvalue weighted by molar-refractivity contribution is 0.102. The van der Waals surface area contributed by atoms with Gasteiger partial charge in [-0.05, 0) is 36.4 Å². The average Bonchev–Trinajstić information content (AvgIpc) is 3.19. The predicted octanol–water partition coefficient (Wildman–Crippen LogP) is 2.59. The Balaban J connectivity index is 1.79. The van der Waals surface area contributed by atoms with Crippen LogP contribution in [0.5, 0.6) is 0 Å². The second-order valence-corrected chi connectivity index (χ2v) is 10.8. The summed E-state index contributed by atoms with van der Waals surface area (Å²) in [5, 5.41) is 4.54. The predicted molar refractivity (Wildman–Crippen MR) is 117 cm³/mol. The van der Waals surface area contributed by atoms with Crippen molar-refractivity contribution < 1.29 is 21.6 Å². The molecule has 0 aliphatic carbocycles. The van der Waals surface area contributed by atoms with E-state index in [1.807, 2.05) is 0 Å². The number of sulfonamides is 2. The zero-order chi connectivity index (χ0) is 21.9. The Kier molecular flexibility index (Phi) is 6.10. The summed E-state index contributed by atoms with van der Waals surface area (Å²) in [6.07, 6.45) is 2.53. The summed E-state index contributed by atoms with van der Waals surface area (Å²) < 4.78 is 51.8. The highest BCUT2D eigenvalue weighted by atomic mass is 32.2. The molecule has 1 aromatic heterocycles. The molecular weight excluding hydrogens is 448 g/mol. The smallest absolute Gasteiger partial charge is 0.263 e. The highest BCUT2D eigenvalue weighted by molar-refractivity contribution is 7.93. The number of nitrogens with one attached hydrogen (secondary N) is 2. The van der Waals surface area contributed by atoms with Crippen LogP contribution in [0.2, 0.25) is 0 Å². The van der Waals surface area contributed by atoms with Gasteiger partial charge in [0.2, 0.25) is 10.0 Å². The van der Waals surface area contributed by atoms with E-state index in [9.17, 15) is 21.6 Å². The number of hydrogen-bond donors (Lipinski definition) is 2. The molecule has 158 valence electrons. The van der Waals surface area contributed by atoms with Gasteiger partial charge in [-0.15, -0.1) is 11.3 Å². The number of aromatic nitrogens is 1. The molecule has 3 aromatic rings. The minimum atomic E-state index is -3.80. The first kappa shape index (κ1) is 21.7. The van der Waals surface area contributed by atoms with Crippen LogP contribution in [0.25, 0.3) is 0 Å². The van der Waals surface area contributed by atoms with E-state index in [1.54, 1.807) is 17.5 Å². The third kappa shape index (κ3) is 4.96. The number of anilines is 3. The molecule has 0 unspecified atom stereocenters. The van der Waals surface area contributed by atoms with Gasteiger partial charge in [-0.2, -0.15) is 0 Å². The third-order valence-corrected chi connectivity index (χ3v) is 7.43. The van der Waals surface area contributed by atoms with Gasteiger partial charge < -0.3 is 5.32 Å². The molecule has 0 radical (unpaired) electrons. The van der Waals surface area contributed by atoms with Crippen LogP contribution in [0.3, 0.4) is 0 Å². The van der Waals surface area contributed by atoms with Gasteiger partial charge in [0.15, 0.2) is 5.13 Å². The topological polar surface area (TPSA) is 126 Å². The highest BCUT2D eigenvalue weighted by Crippen LogP contribution is 2.24. The van der Waals surface area contributed by atoms with Gasteiger partial charge >= 0.3 is 0 Å². The first-order valence-electron chi connectivity index (χ1n) is 8.44. The Morgan fingerprint density at radius 3 is 2.30 bits per heavy atom. The Morgan fingerprint density at radius 1 is 1.03 bits per heavy atom. The van der Waals surface area contributed by atoms with Gasteiger partial charge in [0.05, 0.1) is 22.4 Å². The molecule has 0 aliphatic heterocycles. The van der Waals surface area contributed by atoms with Crippen LogP contribution < -0.4 is 14.3 Å². The van der Waals surface area contributed by atoms with Gasteiger partial charge in [-0.25, -0.2) is 21.8 Å². The number of carbonyl (C=O) groups is 1. The van der Waals surface area contributed by atoms with Crippen LogP contribution in [-0.2, 0) is 20.0 Å². The van der Waals surface area contributed by atoms with E-state index in [0.717, 1.165) is 21.9 Å². The van der Waals surface area contributed by atoms with Crippen molar-refractivity contribution in [1.29, 1.82) is 0 Å². The quantitative estimate of drug-likeness (QED) is 0.551. The van der Waals surface area contributed by atoms with E-state index in [2.05, 4.69) is 15.0 Å². The van der Waals surface area contributed by atoms with Crippen LogP contribution in [0.1, 0.15) is 10.4 Å². The van der Waals surface area contributed by atoms with Crippen molar-refractivity contribution in [3.8, 4) is 0 Å². The highest BCUT2D eigenvalue weighted by Gasteiger charge is 2.20. The van der Waals surface area contributed by atoms with Crippen molar-refractivity contribution in [3.05, 3.63) is 65.7 Å². The number of para-hydroxylation sites is 1. The SMILES string of the molecule is CN(c1ccccc1C(=O)Nc1ccc(S(=O)(=O)Nc2nccs2)cc1)S(C)(=O)=O. The first-order valence-corrected chi connectivity index (χ1v) is 12.7. The minimum Gasteiger partial charge on any atom is -0.322 e. The van der Waals surface area contributed by atoms with Crippen molar-refractivity contribution in [2.24, 2.45) is 0 Å². The molecule has 1 amide bonds. The van der Waals surface area contributed by atoms with E-state index in [0.29, 0.717) is 5.69 Å². The lowest BCUT2D eigenvalue weighted by Gasteiger charge is -2.19. The van der Waals surface area contributed by atoms with E-state index < -0.39 is 26.0 Å². The monoisotopic (exact) mass is 466 g/mol. The number of amides is 1. The molecule has 0 saturated heterocycles. The molecule has 3 rings (SSSR count). The van der Waals surface area contributed by atoms with Gasteiger partial charge in [0.25, 0.3) is 15.9 Å². The molecule has 9 nitrogen and oxygen atoms in total. The van der Waals surface area contributed by atoms with Crippen molar-refractivity contribution in [2.75, 3.05) is 27.6 Å². The molecule has 30 heavy (non-hydrogen) atoms. The number of thiazole rings is 1. The van der Waals surface area contributed by atoms with E-state index in [-0.39, 0.29) is 21.3 Å². The van der Waals surface area contributed by atoms with E-state index in [1.165, 1.54) is 49.6 Å². The van der Waals surface area contributed by atoms with E-state index in [4.69, 9.17) is 0 Å². The molecule has 0 fully saturated rings. The van der Waals surface area contributed by atoms with E-state index >= 15 is 0 Å². The molecule has 12 heteroatoms. The van der Waals surface area contributed by atoms with Gasteiger partial charge in [0.1, 0.15) is 0 Å². The van der Waals surface area contributed by atoms with Crippen LogP contribution in [0, 0.1) is 0 Å². The summed E-state index contributed by atoms with van der Waals surface area (Å²) >= 11 is 1.15. The third-order valence-electron chi connectivity index (χ3n) is 4.06. The fourth-order valence-electron chi connectivity index (χ4n) is 2.48. The summed E-state index contributed by atoms with van der Waals surface area (Å²) in [7, 11) is -6.00. The summed E-state index contributed by atoms with van der Waals surface area (Å²) in [5.41, 5.74) is 0.738.